The minimum atomic E-state index is -0.258. The quantitative estimate of drug-likeness (QED) is 0.761. The highest BCUT2D eigenvalue weighted by atomic mass is 16.6. The van der Waals surface area contributed by atoms with Crippen molar-refractivity contribution in [2.24, 2.45) is 0 Å². The first-order valence-electron chi connectivity index (χ1n) is 5.46. The van der Waals surface area contributed by atoms with E-state index >= 15 is 0 Å². The number of ether oxygens (including phenoxy) is 2. The van der Waals surface area contributed by atoms with Gasteiger partial charge in [-0.1, -0.05) is 6.07 Å². The molecule has 1 aliphatic rings. The third kappa shape index (κ3) is 3.40. The summed E-state index contributed by atoms with van der Waals surface area (Å²) in [6.45, 7) is 2.10. The van der Waals surface area contributed by atoms with Gasteiger partial charge in [0.05, 0.1) is 25.9 Å². The summed E-state index contributed by atoms with van der Waals surface area (Å²) >= 11 is 0. The molecule has 0 spiro atoms. The highest BCUT2D eigenvalue weighted by Crippen LogP contribution is 2.02. The molecular formula is C11H15N3O3. The zero-order valence-corrected chi connectivity index (χ0v) is 9.39. The molecule has 17 heavy (non-hydrogen) atoms. The van der Waals surface area contributed by atoms with Crippen molar-refractivity contribution in [1.29, 1.82) is 0 Å². The lowest BCUT2D eigenvalue weighted by atomic mass is 10.3. The van der Waals surface area contributed by atoms with Crippen LogP contribution in [0.25, 0.3) is 0 Å². The lowest BCUT2D eigenvalue weighted by Crippen LogP contribution is -2.39. The van der Waals surface area contributed by atoms with E-state index in [1.165, 1.54) is 0 Å². The average Bonchev–Trinajstić information content (AvgIpc) is 2.37. The summed E-state index contributed by atoms with van der Waals surface area (Å²) in [7, 11) is 0. The smallest absolute Gasteiger partial charge is 0.270 e. The number of amides is 1. The van der Waals surface area contributed by atoms with Crippen molar-refractivity contribution in [2.45, 2.75) is 6.10 Å². The van der Waals surface area contributed by atoms with E-state index in [-0.39, 0.29) is 12.0 Å². The van der Waals surface area contributed by atoms with Crippen LogP contribution >= 0.6 is 0 Å². The van der Waals surface area contributed by atoms with E-state index in [4.69, 9.17) is 15.2 Å². The lowest BCUT2D eigenvalue weighted by molar-refractivity contribution is -0.0855. The monoisotopic (exact) mass is 237 g/mol. The van der Waals surface area contributed by atoms with Crippen LogP contribution in [-0.2, 0) is 9.47 Å². The van der Waals surface area contributed by atoms with E-state index in [1.807, 2.05) is 0 Å². The summed E-state index contributed by atoms with van der Waals surface area (Å²) in [5, 5.41) is 2.73. The van der Waals surface area contributed by atoms with E-state index in [9.17, 15) is 4.79 Å². The van der Waals surface area contributed by atoms with Crippen molar-refractivity contribution in [2.75, 3.05) is 32.1 Å². The van der Waals surface area contributed by atoms with Gasteiger partial charge >= 0.3 is 0 Å². The van der Waals surface area contributed by atoms with Crippen molar-refractivity contribution >= 4 is 11.7 Å². The summed E-state index contributed by atoms with van der Waals surface area (Å²) < 4.78 is 10.6. The number of nitrogens with two attached hydrogens (primary N) is 1. The number of nitrogens with one attached hydrogen (secondary N) is 1. The minimum Gasteiger partial charge on any atom is -0.384 e. The van der Waals surface area contributed by atoms with Gasteiger partial charge in [-0.15, -0.1) is 0 Å². The SMILES string of the molecule is Nc1cccc(C(=O)NCC2COCCO2)n1. The maximum atomic E-state index is 11.7. The minimum absolute atomic E-state index is 0.0891. The average molecular weight is 237 g/mol. The van der Waals surface area contributed by atoms with Gasteiger partial charge in [0.25, 0.3) is 5.91 Å². The second-order valence-corrected chi connectivity index (χ2v) is 3.73. The van der Waals surface area contributed by atoms with Gasteiger partial charge in [-0.2, -0.15) is 0 Å². The van der Waals surface area contributed by atoms with Crippen molar-refractivity contribution < 1.29 is 14.3 Å². The molecule has 0 aromatic carbocycles. The van der Waals surface area contributed by atoms with Crippen LogP contribution < -0.4 is 11.1 Å². The molecule has 1 atom stereocenters. The largest absolute Gasteiger partial charge is 0.384 e. The molecule has 2 rings (SSSR count). The summed E-state index contributed by atoms with van der Waals surface area (Å²) in [6.07, 6.45) is -0.0891. The van der Waals surface area contributed by atoms with Crippen molar-refractivity contribution in [3.05, 3.63) is 23.9 Å². The highest BCUT2D eigenvalue weighted by molar-refractivity contribution is 5.92. The molecule has 3 N–H and O–H groups in total. The van der Waals surface area contributed by atoms with Crippen molar-refractivity contribution in [1.82, 2.24) is 10.3 Å². The fraction of sp³-hybridized carbons (Fsp3) is 0.455. The Labute approximate surface area is 99.1 Å². The number of hydrogen-bond acceptors (Lipinski definition) is 5. The van der Waals surface area contributed by atoms with Gasteiger partial charge in [0.2, 0.25) is 0 Å². The third-order valence-corrected chi connectivity index (χ3v) is 2.38. The second kappa shape index (κ2) is 5.60. The molecule has 1 aromatic heterocycles. The molecule has 0 saturated carbocycles. The normalized spacial score (nSPS) is 19.9. The molecule has 1 amide bonds. The molecule has 92 valence electrons. The van der Waals surface area contributed by atoms with Crippen LogP contribution in [0.1, 0.15) is 10.5 Å². The van der Waals surface area contributed by atoms with E-state index in [2.05, 4.69) is 10.3 Å². The molecule has 6 nitrogen and oxygen atoms in total. The van der Waals surface area contributed by atoms with E-state index in [1.54, 1.807) is 18.2 Å². The van der Waals surface area contributed by atoms with Gasteiger partial charge in [-0.25, -0.2) is 4.98 Å². The zero-order valence-electron chi connectivity index (χ0n) is 9.39. The summed E-state index contributed by atoms with van der Waals surface area (Å²) in [4.78, 5) is 15.6. The molecule has 1 aliphatic heterocycles. The maximum absolute atomic E-state index is 11.7. The molecule has 0 bridgehead atoms. The predicted octanol–water partition coefficient (Wildman–Crippen LogP) is -0.191. The molecule has 1 fully saturated rings. The first-order chi connectivity index (χ1) is 8.25. The highest BCUT2D eigenvalue weighted by Gasteiger charge is 2.16. The van der Waals surface area contributed by atoms with Crippen LogP contribution in [0.2, 0.25) is 0 Å². The van der Waals surface area contributed by atoms with Gasteiger partial charge in [0, 0.05) is 6.54 Å². The standard InChI is InChI=1S/C11H15N3O3/c12-10-3-1-2-9(14-10)11(15)13-6-8-7-16-4-5-17-8/h1-3,8H,4-7H2,(H2,12,14)(H,13,15). The Morgan fingerprint density at radius 2 is 2.41 bits per heavy atom. The van der Waals surface area contributed by atoms with Gasteiger partial charge in [0.15, 0.2) is 0 Å². The topological polar surface area (TPSA) is 86.5 Å². The third-order valence-electron chi connectivity index (χ3n) is 2.38. The van der Waals surface area contributed by atoms with Crippen LogP contribution in [-0.4, -0.2) is 43.4 Å². The number of rotatable bonds is 3. The van der Waals surface area contributed by atoms with E-state index in [0.717, 1.165) is 0 Å². The first-order valence-corrected chi connectivity index (χ1v) is 5.46. The molecule has 1 aromatic rings. The van der Waals surface area contributed by atoms with Crippen LogP contribution in [0.3, 0.4) is 0 Å². The number of hydrogen-bond donors (Lipinski definition) is 2. The van der Waals surface area contributed by atoms with E-state index in [0.29, 0.717) is 37.9 Å². The van der Waals surface area contributed by atoms with Crippen molar-refractivity contribution in [3.63, 3.8) is 0 Å². The number of carbonyl (C=O) groups excluding carboxylic acids is 1. The molecule has 1 unspecified atom stereocenters. The Hall–Kier alpha value is -1.66. The van der Waals surface area contributed by atoms with Gasteiger partial charge in [-0.3, -0.25) is 4.79 Å². The molecule has 0 radical (unpaired) electrons. The van der Waals surface area contributed by atoms with Gasteiger partial charge in [0.1, 0.15) is 11.5 Å². The van der Waals surface area contributed by atoms with Crippen LogP contribution in [0, 0.1) is 0 Å². The Morgan fingerprint density at radius 1 is 1.53 bits per heavy atom. The van der Waals surface area contributed by atoms with E-state index < -0.39 is 0 Å². The first kappa shape index (κ1) is 11.8. The lowest BCUT2D eigenvalue weighted by Gasteiger charge is -2.22. The van der Waals surface area contributed by atoms with Crippen LogP contribution in [0.4, 0.5) is 5.82 Å². The molecule has 6 heteroatoms. The molecule has 1 saturated heterocycles. The van der Waals surface area contributed by atoms with Crippen LogP contribution in [0.15, 0.2) is 18.2 Å². The van der Waals surface area contributed by atoms with Crippen LogP contribution in [0.5, 0.6) is 0 Å². The Morgan fingerprint density at radius 3 is 3.12 bits per heavy atom. The Bertz CT molecular complexity index is 391. The maximum Gasteiger partial charge on any atom is 0.270 e. The predicted molar refractivity (Wildman–Crippen MR) is 61.5 cm³/mol. The summed E-state index contributed by atoms with van der Waals surface area (Å²) in [6, 6.07) is 4.94. The number of pyridine rings is 1. The second-order valence-electron chi connectivity index (χ2n) is 3.73. The zero-order chi connectivity index (χ0) is 12.1. The van der Waals surface area contributed by atoms with Crippen molar-refractivity contribution in [3.8, 4) is 0 Å². The number of aromatic nitrogens is 1. The molecule has 0 aliphatic carbocycles. The number of carbonyl (C=O) groups is 1. The fourth-order valence-corrected chi connectivity index (χ4v) is 1.53. The number of nitrogen functional groups attached to an aromatic ring is 1. The van der Waals surface area contributed by atoms with Gasteiger partial charge in [-0.05, 0) is 12.1 Å². The number of nitrogens with zero attached hydrogens (tertiary/aromatic N) is 1. The Kier molecular flexibility index (Phi) is 3.89. The summed E-state index contributed by atoms with van der Waals surface area (Å²) in [5.74, 6) is 0.0707. The molecular weight excluding hydrogens is 222 g/mol. The molecule has 2 heterocycles. The summed E-state index contributed by atoms with van der Waals surface area (Å²) in [5.41, 5.74) is 5.81. The number of anilines is 1. The van der Waals surface area contributed by atoms with Gasteiger partial charge < -0.3 is 20.5 Å². The fourth-order valence-electron chi connectivity index (χ4n) is 1.53. The Balaban J connectivity index is 1.84.